The zero-order chi connectivity index (χ0) is 24.4. The molecule has 36 heavy (non-hydrogen) atoms. The molecule has 4 aromatic carbocycles. The summed E-state index contributed by atoms with van der Waals surface area (Å²) in [7, 11) is 0. The molecule has 0 fully saturated rings. The summed E-state index contributed by atoms with van der Waals surface area (Å²) in [6, 6.07) is 31.7. The van der Waals surface area contributed by atoms with Crippen LogP contribution < -0.4 is 4.40 Å². The number of rotatable bonds is 3. The molecule has 0 atom stereocenters. The Bertz CT molecular complexity index is 1930. The van der Waals surface area contributed by atoms with Crippen LogP contribution >= 0.6 is 0 Å². The first-order valence-corrected chi connectivity index (χ1v) is 19.6. The summed E-state index contributed by atoms with van der Waals surface area (Å²) in [5, 5.41) is 3.31. The van der Waals surface area contributed by atoms with Gasteiger partial charge in [0.15, 0.2) is 0 Å². The Balaban J connectivity index is 1.58. The molecule has 7 aromatic rings. The third-order valence-corrected chi connectivity index (χ3v) is 11.3. The van der Waals surface area contributed by atoms with Gasteiger partial charge in [-0.3, -0.25) is 0 Å². The van der Waals surface area contributed by atoms with Gasteiger partial charge in [0.1, 0.15) is 0 Å². The molecular weight excluding hydrogens is 503 g/mol. The summed E-state index contributed by atoms with van der Waals surface area (Å²) in [5.41, 5.74) is 6.70. The van der Waals surface area contributed by atoms with E-state index in [0.717, 1.165) is 61.0 Å². The average molecular weight is 528 g/mol. The molecule has 3 heterocycles. The molecule has 0 aliphatic carbocycles. The van der Waals surface area contributed by atoms with E-state index in [2.05, 4.69) is 88.6 Å². The predicted molar refractivity (Wildman–Crippen MR) is 152 cm³/mol. The van der Waals surface area contributed by atoms with E-state index >= 15 is 0 Å². The number of hydrogen-bond donors (Lipinski definition) is 0. The van der Waals surface area contributed by atoms with Crippen LogP contribution in [0.2, 0.25) is 17.3 Å². The van der Waals surface area contributed by atoms with Gasteiger partial charge in [-0.05, 0) is 0 Å². The third-order valence-electron chi connectivity index (χ3n) is 7.02. The van der Waals surface area contributed by atoms with Crippen molar-refractivity contribution < 1.29 is 4.42 Å². The van der Waals surface area contributed by atoms with Crippen molar-refractivity contribution in [3.8, 4) is 17.1 Å². The van der Waals surface area contributed by atoms with Gasteiger partial charge in [-0.15, -0.1) is 0 Å². The summed E-state index contributed by atoms with van der Waals surface area (Å²) in [4.78, 5) is 9.99. The van der Waals surface area contributed by atoms with Gasteiger partial charge in [-0.2, -0.15) is 0 Å². The first kappa shape index (κ1) is 21.4. The van der Waals surface area contributed by atoms with Gasteiger partial charge in [-0.25, -0.2) is 0 Å². The number of nitrogens with zero attached hydrogens (tertiary/aromatic N) is 3. The van der Waals surface area contributed by atoms with E-state index in [0.29, 0.717) is 0 Å². The minimum atomic E-state index is -1.99. The van der Waals surface area contributed by atoms with Crippen LogP contribution in [0, 0.1) is 0 Å². The first-order valence-electron chi connectivity index (χ1n) is 12.3. The summed E-state index contributed by atoms with van der Waals surface area (Å²) in [6.07, 6.45) is 1.93. The number of pyridine rings is 1. The van der Waals surface area contributed by atoms with Crippen molar-refractivity contribution in [3.05, 3.63) is 97.2 Å². The van der Waals surface area contributed by atoms with E-state index < -0.39 is 13.3 Å². The van der Waals surface area contributed by atoms with Crippen LogP contribution in [0.3, 0.4) is 0 Å². The molecule has 0 bridgehead atoms. The molecule has 0 amide bonds. The summed E-state index contributed by atoms with van der Waals surface area (Å²) in [5.74, 6) is 8.09. The SMILES string of the molecule is [CH3][Ge]([CH3])([CH3])[c]1ccc2c(c1)oc1c(-c3nc4c5ccccc5ncc4n3-c3ccccc3)cccc12. The van der Waals surface area contributed by atoms with Gasteiger partial charge in [0, 0.05) is 0 Å². The quantitative estimate of drug-likeness (QED) is 0.221. The maximum absolute atomic E-state index is 6.61. The second kappa shape index (κ2) is 7.80. The van der Waals surface area contributed by atoms with Gasteiger partial charge in [-0.1, -0.05) is 6.07 Å². The molecule has 0 saturated carbocycles. The number of fused-ring (bicyclic) bond motifs is 6. The van der Waals surface area contributed by atoms with Crippen molar-refractivity contribution in [1.29, 1.82) is 0 Å². The van der Waals surface area contributed by atoms with Gasteiger partial charge < -0.3 is 0 Å². The molecule has 5 heteroatoms. The topological polar surface area (TPSA) is 43.9 Å². The van der Waals surface area contributed by atoms with E-state index in [9.17, 15) is 0 Å². The van der Waals surface area contributed by atoms with Crippen molar-refractivity contribution in [2.75, 3.05) is 0 Å². The fourth-order valence-electron chi connectivity index (χ4n) is 5.13. The fourth-order valence-corrected chi connectivity index (χ4v) is 7.53. The Morgan fingerprint density at radius 2 is 1.53 bits per heavy atom. The molecule has 3 aromatic heterocycles. The molecule has 7 rings (SSSR count). The molecule has 0 aliphatic rings. The van der Waals surface area contributed by atoms with E-state index in [4.69, 9.17) is 14.4 Å². The van der Waals surface area contributed by atoms with E-state index in [1.54, 1.807) is 0 Å². The van der Waals surface area contributed by atoms with Gasteiger partial charge in [0.05, 0.1) is 0 Å². The van der Waals surface area contributed by atoms with Crippen LogP contribution in [0.15, 0.2) is 102 Å². The second-order valence-corrected chi connectivity index (χ2v) is 21.0. The fraction of sp³-hybridized carbons (Fsp3) is 0.0968. The predicted octanol–water partition coefficient (Wildman–Crippen LogP) is 7.69. The van der Waals surface area contributed by atoms with Crippen molar-refractivity contribution in [1.82, 2.24) is 14.5 Å². The molecule has 0 saturated heterocycles. The molecule has 0 aliphatic heterocycles. The van der Waals surface area contributed by atoms with E-state index in [-0.39, 0.29) is 0 Å². The van der Waals surface area contributed by atoms with Gasteiger partial charge in [0.25, 0.3) is 0 Å². The Morgan fingerprint density at radius 1 is 0.750 bits per heavy atom. The van der Waals surface area contributed by atoms with Crippen molar-refractivity contribution >= 4 is 61.5 Å². The van der Waals surface area contributed by atoms with Crippen LogP contribution in [0.5, 0.6) is 0 Å². The first-order chi connectivity index (χ1) is 17.5. The Hall–Kier alpha value is -3.90. The van der Waals surface area contributed by atoms with Crippen LogP contribution in [0.25, 0.3) is 61.0 Å². The van der Waals surface area contributed by atoms with E-state index in [1.807, 2.05) is 30.5 Å². The third kappa shape index (κ3) is 3.21. The summed E-state index contributed by atoms with van der Waals surface area (Å²) in [6.45, 7) is 0. The number of para-hydroxylation sites is 3. The van der Waals surface area contributed by atoms with Gasteiger partial charge in [0.2, 0.25) is 0 Å². The molecule has 0 spiro atoms. The molecular formula is C31H25GeN3O. The van der Waals surface area contributed by atoms with Crippen LogP contribution in [-0.2, 0) is 0 Å². The molecule has 174 valence electrons. The van der Waals surface area contributed by atoms with Crippen molar-refractivity contribution in [2.45, 2.75) is 17.3 Å². The average Bonchev–Trinajstić information content (AvgIpc) is 3.47. The number of imidazole rings is 1. The number of hydrogen-bond acceptors (Lipinski definition) is 3. The standard InChI is InChI=1S/C31H25GeN3O/c1-32(2,3)20-16-17-22-23-13-9-14-25(30(23)36-28(22)18-20)31-34-29-24-12-7-8-15-26(24)33-19-27(29)35(31)21-10-5-4-6-11-21/h4-19H,1-3H3. The van der Waals surface area contributed by atoms with Crippen molar-refractivity contribution in [2.24, 2.45) is 0 Å². The monoisotopic (exact) mass is 529 g/mol. The molecule has 4 nitrogen and oxygen atoms in total. The summed E-state index contributed by atoms with van der Waals surface area (Å²) < 4.78 is 10.3. The number of benzene rings is 4. The minimum absolute atomic E-state index is 0.854. The Morgan fingerprint density at radius 3 is 2.36 bits per heavy atom. The molecule has 0 N–H and O–H groups in total. The van der Waals surface area contributed by atoms with Crippen LogP contribution in [-0.4, -0.2) is 27.8 Å². The second-order valence-electron chi connectivity index (χ2n) is 10.4. The molecule has 0 unspecified atom stereocenters. The van der Waals surface area contributed by atoms with Crippen molar-refractivity contribution in [3.63, 3.8) is 0 Å². The van der Waals surface area contributed by atoms with Gasteiger partial charge >= 0.3 is 206 Å². The maximum atomic E-state index is 6.61. The van der Waals surface area contributed by atoms with Crippen LogP contribution in [0.1, 0.15) is 0 Å². The molecule has 0 radical (unpaired) electrons. The zero-order valence-corrected chi connectivity index (χ0v) is 22.6. The number of furan rings is 1. The van der Waals surface area contributed by atoms with E-state index in [1.165, 1.54) is 4.40 Å². The summed E-state index contributed by atoms with van der Waals surface area (Å²) >= 11 is -1.99. The Labute approximate surface area is 211 Å². The normalized spacial score (nSPS) is 12.3. The van der Waals surface area contributed by atoms with Crippen LogP contribution in [0.4, 0.5) is 0 Å². The zero-order valence-electron chi connectivity index (χ0n) is 20.5. The number of aromatic nitrogens is 3. The Kier molecular flexibility index (Phi) is 4.64.